The molecule has 4 aromatic rings. The SMILES string of the molecule is O=C([O-])c1cccc2cccc(I)c12.O=C([O-])c1cccc2cccc(I)c12.[Hg+2]. The van der Waals surface area contributed by atoms with Gasteiger partial charge in [-0.15, -0.1) is 0 Å². The summed E-state index contributed by atoms with van der Waals surface area (Å²) < 4.78 is 1.86. The molecule has 0 atom stereocenters. The molecule has 0 aliphatic heterocycles. The van der Waals surface area contributed by atoms with Crippen molar-refractivity contribution in [3.05, 3.63) is 91.1 Å². The predicted octanol–water partition coefficient (Wildman–Crippen LogP) is 3.61. The van der Waals surface area contributed by atoms with E-state index < -0.39 is 11.9 Å². The first-order valence-corrected chi connectivity index (χ1v) is 10.3. The van der Waals surface area contributed by atoms with Gasteiger partial charge >= 0.3 is 27.7 Å². The maximum Gasteiger partial charge on any atom is 2.00 e. The summed E-state index contributed by atoms with van der Waals surface area (Å²) in [6.07, 6.45) is 0. The van der Waals surface area contributed by atoms with Crippen molar-refractivity contribution < 1.29 is 47.5 Å². The van der Waals surface area contributed by atoms with E-state index in [0.29, 0.717) is 0 Å². The fourth-order valence-corrected chi connectivity index (χ4v) is 4.55. The normalized spacial score (nSPS) is 10.0. The average Bonchev–Trinajstić information content (AvgIpc) is 2.68. The number of carboxylic acids is 2. The largest absolute Gasteiger partial charge is 2.00 e. The van der Waals surface area contributed by atoms with E-state index in [9.17, 15) is 19.8 Å². The van der Waals surface area contributed by atoms with Gasteiger partial charge in [0.1, 0.15) is 0 Å². The number of benzene rings is 4. The summed E-state index contributed by atoms with van der Waals surface area (Å²) in [6, 6.07) is 21.7. The van der Waals surface area contributed by atoms with Crippen LogP contribution in [-0.4, -0.2) is 11.9 Å². The van der Waals surface area contributed by atoms with Gasteiger partial charge in [-0.1, -0.05) is 60.7 Å². The van der Waals surface area contributed by atoms with Gasteiger partial charge in [-0.3, -0.25) is 0 Å². The third-order valence-corrected chi connectivity index (χ3v) is 5.95. The zero-order valence-electron chi connectivity index (χ0n) is 15.0. The summed E-state index contributed by atoms with van der Waals surface area (Å²) in [5.41, 5.74) is 0.514. The average molecular weight is 795 g/mol. The number of aromatic carboxylic acids is 2. The zero-order valence-corrected chi connectivity index (χ0v) is 24.8. The third kappa shape index (κ3) is 5.46. The van der Waals surface area contributed by atoms with E-state index >= 15 is 0 Å². The minimum Gasteiger partial charge on any atom is -0.545 e. The van der Waals surface area contributed by atoms with E-state index in [1.165, 1.54) is 0 Å². The molecule has 140 valence electrons. The first kappa shape index (κ1) is 24.0. The van der Waals surface area contributed by atoms with E-state index in [2.05, 4.69) is 45.2 Å². The Balaban J connectivity index is 0.000000200. The van der Waals surface area contributed by atoms with Gasteiger partial charge in [-0.2, -0.15) is 0 Å². The number of halogens is 2. The summed E-state index contributed by atoms with van der Waals surface area (Å²) in [7, 11) is 0. The molecule has 0 saturated heterocycles. The van der Waals surface area contributed by atoms with Crippen LogP contribution in [0.2, 0.25) is 0 Å². The molecule has 0 aromatic heterocycles. The van der Waals surface area contributed by atoms with Gasteiger partial charge in [0.15, 0.2) is 0 Å². The van der Waals surface area contributed by atoms with Crippen molar-refractivity contribution in [2.24, 2.45) is 0 Å². The fourth-order valence-electron chi connectivity index (χ4n) is 2.93. The number of hydrogen-bond acceptors (Lipinski definition) is 4. The van der Waals surface area contributed by atoms with Gasteiger partial charge < -0.3 is 19.8 Å². The van der Waals surface area contributed by atoms with Crippen molar-refractivity contribution >= 4 is 78.7 Å². The van der Waals surface area contributed by atoms with Crippen molar-refractivity contribution in [1.29, 1.82) is 0 Å². The quantitative estimate of drug-likeness (QED) is 0.230. The van der Waals surface area contributed by atoms with Crippen LogP contribution >= 0.6 is 45.2 Å². The first-order valence-electron chi connectivity index (χ1n) is 8.17. The predicted molar refractivity (Wildman–Crippen MR) is 122 cm³/mol. The number of fused-ring (bicyclic) bond motifs is 2. The number of carbonyl (C=O) groups is 2. The summed E-state index contributed by atoms with van der Waals surface area (Å²) in [5, 5.41) is 25.1. The fraction of sp³-hybridized carbons (Fsp3) is 0. The molecule has 0 unspecified atom stereocenters. The van der Waals surface area contributed by atoms with Crippen LogP contribution in [0.3, 0.4) is 0 Å². The van der Waals surface area contributed by atoms with Crippen molar-refractivity contribution in [1.82, 2.24) is 0 Å². The Morgan fingerprint density at radius 3 is 1.21 bits per heavy atom. The van der Waals surface area contributed by atoms with E-state index in [4.69, 9.17) is 0 Å². The number of rotatable bonds is 2. The molecule has 4 aromatic carbocycles. The van der Waals surface area contributed by atoms with Crippen molar-refractivity contribution in [2.75, 3.05) is 0 Å². The molecular weight excluding hydrogens is 783 g/mol. The summed E-state index contributed by atoms with van der Waals surface area (Å²) in [5.74, 6) is -2.25. The second kappa shape index (κ2) is 10.7. The van der Waals surface area contributed by atoms with Gasteiger partial charge in [0.25, 0.3) is 0 Å². The van der Waals surface area contributed by atoms with E-state index in [-0.39, 0.29) is 38.8 Å². The van der Waals surface area contributed by atoms with Crippen LogP contribution in [0, 0.1) is 7.14 Å². The minimum atomic E-state index is -1.13. The van der Waals surface area contributed by atoms with Crippen molar-refractivity contribution in [3.63, 3.8) is 0 Å². The Morgan fingerprint density at radius 1 is 0.586 bits per heavy atom. The Labute approximate surface area is 215 Å². The molecule has 29 heavy (non-hydrogen) atoms. The number of carboxylic acid groups (broad SMARTS) is 2. The third-order valence-electron chi connectivity index (χ3n) is 4.15. The molecule has 0 radical (unpaired) electrons. The Bertz CT molecular complexity index is 1100. The first-order chi connectivity index (χ1) is 13.4. The molecule has 0 N–H and O–H groups in total. The molecule has 0 saturated carbocycles. The van der Waals surface area contributed by atoms with Crippen LogP contribution < -0.4 is 10.2 Å². The molecule has 0 fully saturated rings. The molecule has 0 heterocycles. The Kier molecular flexibility index (Phi) is 8.83. The van der Waals surface area contributed by atoms with Crippen molar-refractivity contribution in [2.45, 2.75) is 0 Å². The molecule has 4 rings (SSSR count). The van der Waals surface area contributed by atoms with Crippen LogP contribution in [0.4, 0.5) is 0 Å². The summed E-state index contributed by atoms with van der Waals surface area (Å²) in [4.78, 5) is 21.7. The molecule has 0 aliphatic carbocycles. The number of hydrogen-bond donors (Lipinski definition) is 0. The van der Waals surface area contributed by atoms with Crippen LogP contribution in [0.1, 0.15) is 20.7 Å². The maximum absolute atomic E-state index is 10.9. The van der Waals surface area contributed by atoms with E-state index in [1.54, 1.807) is 24.3 Å². The van der Waals surface area contributed by atoms with E-state index in [0.717, 1.165) is 28.7 Å². The Morgan fingerprint density at radius 2 is 0.897 bits per heavy atom. The second-order valence-electron chi connectivity index (χ2n) is 5.86. The van der Waals surface area contributed by atoms with Gasteiger partial charge in [-0.25, -0.2) is 0 Å². The monoisotopic (exact) mass is 796 g/mol. The zero-order chi connectivity index (χ0) is 20.3. The van der Waals surface area contributed by atoms with Gasteiger partial charge in [0, 0.05) is 29.0 Å². The summed E-state index contributed by atoms with van der Waals surface area (Å²) >= 11 is 4.25. The topological polar surface area (TPSA) is 80.3 Å². The molecule has 4 nitrogen and oxygen atoms in total. The molecule has 0 amide bonds. The van der Waals surface area contributed by atoms with Crippen LogP contribution in [0.25, 0.3) is 21.5 Å². The number of carbonyl (C=O) groups excluding carboxylic acids is 2. The summed E-state index contributed by atoms with van der Waals surface area (Å²) in [6.45, 7) is 0. The van der Waals surface area contributed by atoms with Crippen LogP contribution in [0.5, 0.6) is 0 Å². The van der Waals surface area contributed by atoms with E-state index in [1.807, 2.05) is 48.5 Å². The second-order valence-corrected chi connectivity index (χ2v) is 8.19. The Hall–Kier alpha value is -1.26. The smallest absolute Gasteiger partial charge is 0.545 e. The van der Waals surface area contributed by atoms with Gasteiger partial charge in [-0.05, 0) is 68.1 Å². The van der Waals surface area contributed by atoms with Crippen LogP contribution in [0.15, 0.2) is 72.8 Å². The van der Waals surface area contributed by atoms with Crippen molar-refractivity contribution in [3.8, 4) is 0 Å². The molecule has 0 spiro atoms. The molecule has 7 heteroatoms. The molecule has 0 bridgehead atoms. The van der Waals surface area contributed by atoms with Crippen LogP contribution in [-0.2, 0) is 27.7 Å². The standard InChI is InChI=1S/2C11H7IO2.Hg/c2*12-9-6-2-4-7-3-1-5-8(10(7)9)11(13)14;/h2*1-6H,(H,13,14);/q;;+2/p-2. The molecular formula is C22H12HgI2O4. The minimum absolute atomic E-state index is 0. The molecule has 0 aliphatic rings. The van der Waals surface area contributed by atoms with Gasteiger partial charge in [0.05, 0.1) is 11.9 Å². The van der Waals surface area contributed by atoms with Gasteiger partial charge in [0.2, 0.25) is 0 Å². The maximum atomic E-state index is 10.9.